The van der Waals surface area contributed by atoms with E-state index < -0.39 is 18.0 Å². The molecule has 0 saturated heterocycles. The van der Waals surface area contributed by atoms with Crippen molar-refractivity contribution in [2.45, 2.75) is 26.8 Å². The fourth-order valence-electron chi connectivity index (χ4n) is 1.67. The van der Waals surface area contributed by atoms with E-state index in [1.54, 1.807) is 6.92 Å². The van der Waals surface area contributed by atoms with Crippen LogP contribution in [0, 0.1) is 13.8 Å². The van der Waals surface area contributed by atoms with Crippen LogP contribution in [0.25, 0.3) is 0 Å². The van der Waals surface area contributed by atoms with Gasteiger partial charge in [-0.25, -0.2) is 9.59 Å². The summed E-state index contributed by atoms with van der Waals surface area (Å²) >= 11 is 0. The Morgan fingerprint density at radius 3 is 2.37 bits per heavy atom. The number of aryl methyl sites for hydroxylation is 2. The summed E-state index contributed by atoms with van der Waals surface area (Å²) in [6.07, 6.45) is 0. The van der Waals surface area contributed by atoms with Crippen LogP contribution in [0.15, 0.2) is 18.2 Å². The maximum Gasteiger partial charge on any atom is 0.339 e. The van der Waals surface area contributed by atoms with Gasteiger partial charge in [-0.1, -0.05) is 18.2 Å². The van der Waals surface area contributed by atoms with E-state index >= 15 is 0 Å². The first kappa shape index (κ1) is 15.2. The van der Waals surface area contributed by atoms with Crippen LogP contribution < -0.4 is 5.32 Å². The lowest BCUT2D eigenvalue weighted by molar-refractivity contribution is -0.162. The predicted molar refractivity (Wildman–Crippen MR) is 72.0 cm³/mol. The number of para-hydroxylation sites is 1. The smallest absolute Gasteiger partial charge is 0.339 e. The second-order valence-corrected chi connectivity index (χ2v) is 4.36. The second kappa shape index (κ2) is 6.89. The van der Waals surface area contributed by atoms with E-state index in [2.05, 4.69) is 14.8 Å². The lowest BCUT2D eigenvalue weighted by Crippen LogP contribution is -2.31. The monoisotopic (exact) mass is 265 g/mol. The molecule has 0 spiro atoms. The third kappa shape index (κ3) is 4.37. The Bertz CT molecular complexity index is 450. The number of hydrogen-bond donors (Lipinski definition) is 1. The summed E-state index contributed by atoms with van der Waals surface area (Å²) in [4.78, 5) is 22.8. The van der Waals surface area contributed by atoms with Crippen molar-refractivity contribution in [3.05, 3.63) is 29.3 Å². The SMILES string of the molecule is COCC(=O)OC(=O)[C@@H](C)Nc1c(C)cccc1C. The molecule has 1 rings (SSSR count). The maximum atomic E-state index is 11.7. The fraction of sp³-hybridized carbons (Fsp3) is 0.429. The van der Waals surface area contributed by atoms with E-state index in [1.165, 1.54) is 7.11 Å². The number of hydrogen-bond acceptors (Lipinski definition) is 5. The van der Waals surface area contributed by atoms with Crippen molar-refractivity contribution in [2.24, 2.45) is 0 Å². The summed E-state index contributed by atoms with van der Waals surface area (Å²) in [5.41, 5.74) is 2.94. The van der Waals surface area contributed by atoms with Gasteiger partial charge in [-0.2, -0.15) is 0 Å². The third-order valence-electron chi connectivity index (χ3n) is 2.67. The van der Waals surface area contributed by atoms with Gasteiger partial charge in [-0.15, -0.1) is 0 Å². The molecular weight excluding hydrogens is 246 g/mol. The number of methoxy groups -OCH3 is 1. The molecule has 1 aromatic carbocycles. The van der Waals surface area contributed by atoms with E-state index in [4.69, 9.17) is 0 Å². The van der Waals surface area contributed by atoms with Crippen LogP contribution in [0.3, 0.4) is 0 Å². The highest BCUT2D eigenvalue weighted by atomic mass is 16.6. The van der Waals surface area contributed by atoms with Gasteiger partial charge in [-0.05, 0) is 31.9 Å². The summed E-state index contributed by atoms with van der Waals surface area (Å²) < 4.78 is 9.23. The molecule has 104 valence electrons. The van der Waals surface area contributed by atoms with Crippen molar-refractivity contribution in [1.82, 2.24) is 0 Å². The minimum absolute atomic E-state index is 0.234. The molecular formula is C14H19NO4. The molecule has 19 heavy (non-hydrogen) atoms. The van der Waals surface area contributed by atoms with Gasteiger partial charge in [0.2, 0.25) is 0 Å². The maximum absolute atomic E-state index is 11.7. The zero-order chi connectivity index (χ0) is 14.4. The van der Waals surface area contributed by atoms with E-state index in [9.17, 15) is 9.59 Å². The summed E-state index contributed by atoms with van der Waals surface area (Å²) in [5.74, 6) is -1.31. The molecule has 5 heteroatoms. The Balaban J connectivity index is 2.66. The highest BCUT2D eigenvalue weighted by Gasteiger charge is 2.19. The standard InChI is InChI=1S/C14H19NO4/c1-9-6-5-7-10(2)13(9)15-11(3)14(17)19-12(16)8-18-4/h5-7,11,15H,8H2,1-4H3/t11-/m1/s1. The molecule has 0 aliphatic heterocycles. The van der Waals surface area contributed by atoms with Crippen LogP contribution in [-0.4, -0.2) is 31.7 Å². The van der Waals surface area contributed by atoms with Crippen molar-refractivity contribution >= 4 is 17.6 Å². The van der Waals surface area contributed by atoms with Crippen molar-refractivity contribution < 1.29 is 19.1 Å². The van der Waals surface area contributed by atoms with Crippen LogP contribution in [0.2, 0.25) is 0 Å². The van der Waals surface area contributed by atoms with Crippen molar-refractivity contribution in [1.29, 1.82) is 0 Å². The zero-order valence-corrected chi connectivity index (χ0v) is 11.6. The van der Waals surface area contributed by atoms with Crippen molar-refractivity contribution in [3.63, 3.8) is 0 Å². The van der Waals surface area contributed by atoms with Gasteiger partial charge in [0.05, 0.1) is 0 Å². The minimum Gasteiger partial charge on any atom is -0.390 e. The predicted octanol–water partition coefficient (Wildman–Crippen LogP) is 1.82. The number of benzene rings is 1. The summed E-state index contributed by atoms with van der Waals surface area (Å²) in [5, 5.41) is 3.06. The number of carbonyl (C=O) groups excluding carboxylic acids is 2. The van der Waals surface area contributed by atoms with Gasteiger partial charge in [0.25, 0.3) is 0 Å². The van der Waals surface area contributed by atoms with Crippen molar-refractivity contribution in [2.75, 3.05) is 19.0 Å². The average Bonchev–Trinajstić information content (AvgIpc) is 2.34. The minimum atomic E-state index is -0.692. The number of carbonyl (C=O) groups is 2. The molecule has 0 saturated carbocycles. The number of anilines is 1. The van der Waals surface area contributed by atoms with Crippen LogP contribution in [0.1, 0.15) is 18.1 Å². The van der Waals surface area contributed by atoms with E-state index in [0.717, 1.165) is 16.8 Å². The first-order valence-electron chi connectivity index (χ1n) is 6.02. The number of ether oxygens (including phenoxy) is 2. The van der Waals surface area contributed by atoms with Crippen molar-refractivity contribution in [3.8, 4) is 0 Å². The van der Waals surface area contributed by atoms with Gasteiger partial charge < -0.3 is 14.8 Å². The van der Waals surface area contributed by atoms with Crippen LogP contribution in [0.4, 0.5) is 5.69 Å². The Morgan fingerprint density at radius 1 is 1.26 bits per heavy atom. The summed E-state index contributed by atoms with van der Waals surface area (Å²) in [6, 6.07) is 5.23. The van der Waals surface area contributed by atoms with Gasteiger partial charge >= 0.3 is 11.9 Å². The molecule has 0 aliphatic rings. The molecule has 0 heterocycles. The molecule has 5 nitrogen and oxygen atoms in total. The molecule has 1 aromatic rings. The molecule has 0 radical (unpaired) electrons. The average molecular weight is 265 g/mol. The summed E-state index contributed by atoms with van der Waals surface area (Å²) in [7, 11) is 1.37. The number of rotatable bonds is 5. The molecule has 0 aliphatic carbocycles. The van der Waals surface area contributed by atoms with E-state index in [1.807, 2.05) is 32.0 Å². The second-order valence-electron chi connectivity index (χ2n) is 4.36. The topological polar surface area (TPSA) is 64.6 Å². The number of esters is 2. The van der Waals surface area contributed by atoms with E-state index in [0.29, 0.717) is 0 Å². The zero-order valence-electron chi connectivity index (χ0n) is 11.6. The highest BCUT2D eigenvalue weighted by Crippen LogP contribution is 2.20. The van der Waals surface area contributed by atoms with Gasteiger partial charge in [-0.3, -0.25) is 0 Å². The first-order valence-corrected chi connectivity index (χ1v) is 6.02. The fourth-order valence-corrected chi connectivity index (χ4v) is 1.67. The molecule has 1 atom stereocenters. The largest absolute Gasteiger partial charge is 0.390 e. The lowest BCUT2D eigenvalue weighted by Gasteiger charge is -2.17. The lowest BCUT2D eigenvalue weighted by atomic mass is 10.1. The normalized spacial score (nSPS) is 11.8. The number of nitrogens with one attached hydrogen (secondary N) is 1. The van der Waals surface area contributed by atoms with Gasteiger partial charge in [0.1, 0.15) is 12.6 Å². The summed E-state index contributed by atoms with van der Waals surface area (Å²) in [6.45, 7) is 5.31. The first-order chi connectivity index (χ1) is 8.95. The van der Waals surface area contributed by atoms with Gasteiger partial charge in [0.15, 0.2) is 0 Å². The molecule has 0 aromatic heterocycles. The molecule has 0 bridgehead atoms. The van der Waals surface area contributed by atoms with Crippen LogP contribution in [0.5, 0.6) is 0 Å². The molecule has 0 amide bonds. The third-order valence-corrected chi connectivity index (χ3v) is 2.67. The Labute approximate surface area is 112 Å². The molecule has 1 N–H and O–H groups in total. The highest BCUT2D eigenvalue weighted by molar-refractivity contribution is 5.90. The Hall–Kier alpha value is -1.88. The quantitative estimate of drug-likeness (QED) is 0.650. The van der Waals surface area contributed by atoms with E-state index in [-0.39, 0.29) is 6.61 Å². The van der Waals surface area contributed by atoms with Gasteiger partial charge in [0, 0.05) is 12.8 Å². The Kier molecular flexibility index (Phi) is 5.51. The molecule has 0 unspecified atom stereocenters. The Morgan fingerprint density at radius 2 is 1.84 bits per heavy atom. The van der Waals surface area contributed by atoms with Crippen LogP contribution in [-0.2, 0) is 19.1 Å². The molecule has 0 fully saturated rings. The van der Waals surface area contributed by atoms with Crippen LogP contribution >= 0.6 is 0 Å².